The second kappa shape index (κ2) is 6.91. The fourth-order valence-electron chi connectivity index (χ4n) is 0.962. The number of nitrogens with zero attached hydrogens (tertiary/aromatic N) is 1. The van der Waals surface area contributed by atoms with Gasteiger partial charge in [-0.2, -0.15) is 12.7 Å². The van der Waals surface area contributed by atoms with Gasteiger partial charge in [-0.1, -0.05) is 13.0 Å². The van der Waals surface area contributed by atoms with Crippen LogP contribution in [0.15, 0.2) is 12.7 Å². The molecule has 0 spiro atoms. The van der Waals surface area contributed by atoms with Crippen molar-refractivity contribution < 1.29 is 22.8 Å². The molecule has 15 heavy (non-hydrogen) atoms. The molecule has 0 radical (unpaired) electrons. The molecule has 7 heteroatoms. The van der Waals surface area contributed by atoms with Crippen molar-refractivity contribution in [1.29, 1.82) is 0 Å². The molecule has 90 valence electrons. The number of likely N-dealkylation sites (N-methyl/N-ethyl adjacent to an activating group) is 1. The van der Waals surface area contributed by atoms with Crippen molar-refractivity contribution in [3.63, 3.8) is 0 Å². The van der Waals surface area contributed by atoms with E-state index in [1.807, 2.05) is 0 Å². The van der Waals surface area contributed by atoms with Gasteiger partial charge in [-0.3, -0.25) is 4.55 Å². The summed E-state index contributed by atoms with van der Waals surface area (Å²) in [6, 6.07) is 0. The van der Waals surface area contributed by atoms with E-state index >= 15 is 0 Å². The molecule has 1 atom stereocenters. The van der Waals surface area contributed by atoms with E-state index in [1.165, 1.54) is 6.08 Å². The van der Waals surface area contributed by atoms with Gasteiger partial charge < -0.3 is 9.84 Å². The van der Waals surface area contributed by atoms with Crippen molar-refractivity contribution >= 4 is 10.3 Å². The minimum atomic E-state index is -4.24. The zero-order valence-electron chi connectivity index (χ0n) is 8.66. The third kappa shape index (κ3) is 6.58. The highest BCUT2D eigenvalue weighted by Gasteiger charge is 2.20. The summed E-state index contributed by atoms with van der Waals surface area (Å²) in [6.45, 7) is 5.17. The number of hydrogen-bond acceptors (Lipinski definition) is 4. The van der Waals surface area contributed by atoms with Crippen LogP contribution in [0.25, 0.3) is 0 Å². The first-order chi connectivity index (χ1) is 6.91. The topological polar surface area (TPSA) is 87.1 Å². The fraction of sp³-hybridized carbons (Fsp3) is 0.750. The lowest BCUT2D eigenvalue weighted by Gasteiger charge is -2.19. The maximum atomic E-state index is 10.7. The molecule has 0 amide bonds. The van der Waals surface area contributed by atoms with E-state index in [9.17, 15) is 13.5 Å². The van der Waals surface area contributed by atoms with E-state index in [0.717, 1.165) is 4.31 Å². The highest BCUT2D eigenvalue weighted by molar-refractivity contribution is 7.83. The predicted octanol–water partition coefficient (Wildman–Crippen LogP) is -0.325. The highest BCUT2D eigenvalue weighted by atomic mass is 32.2. The Kier molecular flexibility index (Phi) is 6.70. The Balaban J connectivity index is 4.02. The van der Waals surface area contributed by atoms with Crippen LogP contribution in [0.5, 0.6) is 0 Å². The molecule has 0 aliphatic heterocycles. The molecule has 0 heterocycles. The first kappa shape index (κ1) is 14.5. The Morgan fingerprint density at radius 2 is 2.20 bits per heavy atom. The largest absolute Gasteiger partial charge is 0.389 e. The van der Waals surface area contributed by atoms with Gasteiger partial charge in [-0.15, -0.1) is 6.58 Å². The third-order valence-electron chi connectivity index (χ3n) is 1.64. The van der Waals surface area contributed by atoms with Crippen molar-refractivity contribution in [3.05, 3.63) is 12.7 Å². The summed E-state index contributed by atoms with van der Waals surface area (Å²) in [6.07, 6.45) is 0.555. The molecular weight excluding hydrogens is 222 g/mol. The number of aliphatic hydroxyl groups excluding tert-OH is 1. The maximum absolute atomic E-state index is 10.7. The van der Waals surface area contributed by atoms with Crippen LogP contribution in [-0.2, 0) is 15.0 Å². The predicted molar refractivity (Wildman–Crippen MR) is 55.8 cm³/mol. The second-order valence-electron chi connectivity index (χ2n) is 2.91. The van der Waals surface area contributed by atoms with Crippen molar-refractivity contribution in [2.75, 3.05) is 26.3 Å². The van der Waals surface area contributed by atoms with E-state index in [4.69, 9.17) is 9.29 Å². The molecule has 0 saturated carbocycles. The van der Waals surface area contributed by atoms with Gasteiger partial charge in [0.2, 0.25) is 0 Å². The minimum Gasteiger partial charge on any atom is -0.389 e. The highest BCUT2D eigenvalue weighted by Crippen LogP contribution is 1.99. The molecule has 0 saturated heterocycles. The van der Waals surface area contributed by atoms with E-state index in [0.29, 0.717) is 0 Å². The first-order valence-electron chi connectivity index (χ1n) is 4.51. The average molecular weight is 239 g/mol. The molecule has 0 bridgehead atoms. The van der Waals surface area contributed by atoms with Crippen LogP contribution < -0.4 is 0 Å². The van der Waals surface area contributed by atoms with Gasteiger partial charge in [0.25, 0.3) is 0 Å². The van der Waals surface area contributed by atoms with Crippen molar-refractivity contribution in [2.45, 2.75) is 13.0 Å². The molecule has 0 aliphatic carbocycles. The number of aliphatic hydroxyl groups is 1. The van der Waals surface area contributed by atoms with Gasteiger partial charge in [-0.05, 0) is 0 Å². The van der Waals surface area contributed by atoms with E-state index in [-0.39, 0.29) is 26.3 Å². The van der Waals surface area contributed by atoms with Gasteiger partial charge in [0.05, 0.1) is 19.3 Å². The first-order valence-corrected chi connectivity index (χ1v) is 5.90. The van der Waals surface area contributed by atoms with Crippen molar-refractivity contribution in [1.82, 2.24) is 4.31 Å². The van der Waals surface area contributed by atoms with E-state index < -0.39 is 16.4 Å². The molecular formula is C8H17NO5S. The molecule has 2 N–H and O–H groups in total. The summed E-state index contributed by atoms with van der Waals surface area (Å²) in [5.74, 6) is 0. The summed E-state index contributed by atoms with van der Waals surface area (Å²) in [4.78, 5) is 0. The zero-order chi connectivity index (χ0) is 11.9. The van der Waals surface area contributed by atoms with Gasteiger partial charge in [-0.25, -0.2) is 0 Å². The zero-order valence-corrected chi connectivity index (χ0v) is 9.48. The summed E-state index contributed by atoms with van der Waals surface area (Å²) < 4.78 is 35.9. The smallest absolute Gasteiger partial charge is 0.335 e. The Morgan fingerprint density at radius 1 is 1.60 bits per heavy atom. The SMILES string of the molecule is C=CCOCC(O)CN(CC)S(=O)(=O)O. The van der Waals surface area contributed by atoms with Gasteiger partial charge in [0, 0.05) is 13.1 Å². The molecule has 0 aromatic carbocycles. The van der Waals surface area contributed by atoms with Gasteiger partial charge in [0.1, 0.15) is 0 Å². The Hall–Kier alpha value is -0.470. The van der Waals surface area contributed by atoms with Crippen molar-refractivity contribution in [3.8, 4) is 0 Å². The van der Waals surface area contributed by atoms with Crippen LogP contribution in [0.4, 0.5) is 0 Å². The van der Waals surface area contributed by atoms with Crippen LogP contribution in [0, 0.1) is 0 Å². The Labute approximate surface area is 90.0 Å². The summed E-state index contributed by atoms with van der Waals surface area (Å²) in [5.41, 5.74) is 0. The quantitative estimate of drug-likeness (QED) is 0.344. The Morgan fingerprint density at radius 3 is 2.60 bits per heavy atom. The summed E-state index contributed by atoms with van der Waals surface area (Å²) in [5, 5.41) is 9.36. The van der Waals surface area contributed by atoms with E-state index in [1.54, 1.807) is 6.92 Å². The summed E-state index contributed by atoms with van der Waals surface area (Å²) >= 11 is 0. The van der Waals surface area contributed by atoms with Crippen LogP contribution in [-0.4, -0.2) is 54.8 Å². The average Bonchev–Trinajstić information content (AvgIpc) is 2.12. The van der Waals surface area contributed by atoms with Gasteiger partial charge >= 0.3 is 10.3 Å². The standard InChI is InChI=1S/C8H17NO5S/c1-3-5-14-7-8(10)6-9(4-2)15(11,12)13/h3,8,10H,1,4-7H2,2H3,(H,11,12,13). The van der Waals surface area contributed by atoms with E-state index in [2.05, 4.69) is 6.58 Å². The molecule has 1 unspecified atom stereocenters. The van der Waals surface area contributed by atoms with Crippen LogP contribution in [0.1, 0.15) is 6.92 Å². The van der Waals surface area contributed by atoms with Crippen LogP contribution in [0.2, 0.25) is 0 Å². The number of ether oxygens (including phenoxy) is 1. The third-order valence-corrected chi connectivity index (χ3v) is 2.70. The molecule has 0 aromatic heterocycles. The fourth-order valence-corrected chi connectivity index (χ4v) is 1.65. The van der Waals surface area contributed by atoms with Crippen LogP contribution >= 0.6 is 0 Å². The molecule has 0 aliphatic rings. The molecule has 0 fully saturated rings. The Bertz CT molecular complexity index is 277. The van der Waals surface area contributed by atoms with Gasteiger partial charge in [0.15, 0.2) is 0 Å². The molecule has 0 aromatic rings. The molecule has 0 rings (SSSR count). The summed E-state index contributed by atoms with van der Waals surface area (Å²) in [7, 11) is -4.24. The number of hydrogen-bond donors (Lipinski definition) is 2. The second-order valence-corrected chi connectivity index (χ2v) is 4.32. The minimum absolute atomic E-state index is 0.00194. The lowest BCUT2D eigenvalue weighted by molar-refractivity contribution is 0.0385. The monoisotopic (exact) mass is 239 g/mol. The van der Waals surface area contributed by atoms with Crippen LogP contribution in [0.3, 0.4) is 0 Å². The normalized spacial score (nSPS) is 14.1. The number of rotatable bonds is 8. The lowest BCUT2D eigenvalue weighted by Crippen LogP contribution is -2.38. The maximum Gasteiger partial charge on any atom is 0.335 e. The van der Waals surface area contributed by atoms with Crippen molar-refractivity contribution in [2.24, 2.45) is 0 Å². The molecule has 6 nitrogen and oxygen atoms in total. The lowest BCUT2D eigenvalue weighted by atomic mass is 10.4.